The minimum Gasteiger partial charge on any atom is -0.360 e. The number of rotatable bonds is 5. The smallest absolute Gasteiger partial charge is 0.0715 e. The topological polar surface area (TPSA) is 74.6 Å². The van der Waals surface area contributed by atoms with E-state index in [0.29, 0.717) is 5.71 Å². The van der Waals surface area contributed by atoms with Crippen LogP contribution in [0.25, 0.3) is 56.0 Å². The SMILES string of the molecule is N=C1C=CC=C/C1=C1/NC=C(c2cc(-c3ccc(-c4ccncc4)cc3)nc(-c3ccc(-c4ccncc4)cc3)c2)c2ccccc21. The largest absolute Gasteiger partial charge is 0.360 e. The van der Waals surface area contributed by atoms with Gasteiger partial charge in [-0.05, 0) is 75.9 Å². The van der Waals surface area contributed by atoms with Crippen LogP contribution >= 0.6 is 0 Å². The van der Waals surface area contributed by atoms with Gasteiger partial charge in [-0.2, -0.15) is 0 Å². The van der Waals surface area contributed by atoms with E-state index in [2.05, 4.69) is 100 Å². The van der Waals surface area contributed by atoms with Crippen LogP contribution in [0.2, 0.25) is 0 Å². The second-order valence-corrected chi connectivity index (χ2v) is 11.4. The van der Waals surface area contributed by atoms with Crippen LogP contribution in [0.1, 0.15) is 16.7 Å². The Hall–Kier alpha value is -6.46. The van der Waals surface area contributed by atoms with Crippen molar-refractivity contribution < 1.29 is 0 Å². The highest BCUT2D eigenvalue weighted by molar-refractivity contribution is 6.15. The van der Waals surface area contributed by atoms with Crippen LogP contribution in [0.5, 0.6) is 0 Å². The maximum atomic E-state index is 8.55. The summed E-state index contributed by atoms with van der Waals surface area (Å²) < 4.78 is 0. The maximum absolute atomic E-state index is 8.55. The summed E-state index contributed by atoms with van der Waals surface area (Å²) in [5, 5.41) is 12.1. The predicted octanol–water partition coefficient (Wildman–Crippen LogP) is 9.39. The Balaban J connectivity index is 1.25. The maximum Gasteiger partial charge on any atom is 0.0715 e. The molecular weight excluding hydrogens is 574 g/mol. The fraction of sp³-hybridized carbons (Fsp3) is 0. The van der Waals surface area contributed by atoms with Crippen LogP contribution in [-0.2, 0) is 0 Å². The van der Waals surface area contributed by atoms with E-state index in [-0.39, 0.29) is 0 Å². The Kier molecular flexibility index (Phi) is 7.25. The van der Waals surface area contributed by atoms with Gasteiger partial charge in [0.15, 0.2) is 0 Å². The second kappa shape index (κ2) is 12.1. The van der Waals surface area contributed by atoms with E-state index in [0.717, 1.165) is 78.3 Å². The van der Waals surface area contributed by atoms with Gasteiger partial charge in [0.2, 0.25) is 0 Å². The summed E-state index contributed by atoms with van der Waals surface area (Å²) in [7, 11) is 0. The van der Waals surface area contributed by atoms with E-state index in [1.54, 1.807) is 0 Å². The molecule has 0 atom stereocenters. The third kappa shape index (κ3) is 5.51. The van der Waals surface area contributed by atoms with Gasteiger partial charge in [-0.15, -0.1) is 0 Å². The lowest BCUT2D eigenvalue weighted by atomic mass is 9.87. The van der Waals surface area contributed by atoms with Crippen molar-refractivity contribution in [2.75, 3.05) is 0 Å². The minimum atomic E-state index is 0.487. The predicted molar refractivity (Wildman–Crippen MR) is 191 cm³/mol. The standard InChI is InChI=1S/C42H29N5/c43-39-8-4-3-7-37(39)42-36-6-2-1-5-35(36)38(27-46-42)34-25-40(32-13-9-28(10-14-32)30-17-21-44-22-18-30)47-41(26-34)33-15-11-29(12-16-33)31-19-23-45-24-20-31/h1-27,43,46H/b42-37-,43-39?. The average Bonchev–Trinajstić information content (AvgIpc) is 3.15. The third-order valence-electron chi connectivity index (χ3n) is 8.57. The van der Waals surface area contributed by atoms with Crippen molar-refractivity contribution in [3.63, 3.8) is 0 Å². The van der Waals surface area contributed by atoms with Crippen LogP contribution < -0.4 is 5.32 Å². The van der Waals surface area contributed by atoms with Crippen molar-refractivity contribution in [2.45, 2.75) is 0 Å². The first-order chi connectivity index (χ1) is 23.2. The van der Waals surface area contributed by atoms with Gasteiger partial charge in [0.25, 0.3) is 0 Å². The minimum absolute atomic E-state index is 0.487. The van der Waals surface area contributed by atoms with Gasteiger partial charge in [-0.25, -0.2) is 4.98 Å². The number of nitrogens with one attached hydrogen (secondary N) is 2. The zero-order chi connectivity index (χ0) is 31.6. The Bertz CT molecular complexity index is 2140. The molecule has 5 nitrogen and oxygen atoms in total. The Labute approximate surface area is 273 Å². The fourth-order valence-electron chi connectivity index (χ4n) is 6.14. The number of allylic oxidation sites excluding steroid dienone is 5. The summed E-state index contributed by atoms with van der Waals surface area (Å²) in [6.07, 6.45) is 17.0. The number of hydrogen-bond donors (Lipinski definition) is 2. The van der Waals surface area contributed by atoms with Gasteiger partial charge in [0, 0.05) is 58.8 Å². The third-order valence-corrected chi connectivity index (χ3v) is 8.57. The highest BCUT2D eigenvalue weighted by Crippen LogP contribution is 2.38. The van der Waals surface area contributed by atoms with Crippen molar-refractivity contribution in [3.05, 3.63) is 187 Å². The van der Waals surface area contributed by atoms with Crippen molar-refractivity contribution in [3.8, 4) is 44.8 Å². The molecule has 0 saturated carbocycles. The number of hydrogen-bond acceptors (Lipinski definition) is 5. The van der Waals surface area contributed by atoms with E-state index in [4.69, 9.17) is 10.4 Å². The van der Waals surface area contributed by atoms with Gasteiger partial charge in [-0.1, -0.05) is 91.0 Å². The lowest BCUT2D eigenvalue weighted by molar-refractivity contribution is 1.17. The number of fused-ring (bicyclic) bond motifs is 1. The summed E-state index contributed by atoms with van der Waals surface area (Å²) in [6, 6.07) is 37.9. The first-order valence-electron chi connectivity index (χ1n) is 15.5. The molecule has 8 rings (SSSR count). The van der Waals surface area contributed by atoms with E-state index in [9.17, 15) is 0 Å². The van der Waals surface area contributed by atoms with Gasteiger partial charge in [0.1, 0.15) is 0 Å². The first kappa shape index (κ1) is 28.0. The molecule has 2 N–H and O–H groups in total. The lowest BCUT2D eigenvalue weighted by Gasteiger charge is -2.25. The van der Waals surface area contributed by atoms with Crippen LogP contribution in [0.15, 0.2) is 170 Å². The molecule has 0 fully saturated rings. The summed E-state index contributed by atoms with van der Waals surface area (Å²) in [5.41, 5.74) is 14.9. The van der Waals surface area contributed by atoms with Gasteiger partial charge in [-0.3, -0.25) is 9.97 Å². The van der Waals surface area contributed by atoms with Crippen molar-refractivity contribution in [1.29, 1.82) is 5.41 Å². The van der Waals surface area contributed by atoms with E-state index >= 15 is 0 Å². The van der Waals surface area contributed by atoms with Crippen LogP contribution in [0, 0.1) is 5.41 Å². The molecule has 0 radical (unpaired) electrons. The molecule has 0 unspecified atom stereocenters. The number of pyridine rings is 3. The van der Waals surface area contributed by atoms with Gasteiger partial charge < -0.3 is 10.7 Å². The molecule has 0 saturated heterocycles. The number of aromatic nitrogens is 3. The molecule has 4 heterocycles. The molecule has 0 bridgehead atoms. The van der Waals surface area contributed by atoms with E-state index in [1.807, 2.05) is 79.4 Å². The number of benzene rings is 3. The normalized spacial score (nSPS) is 15.1. The zero-order valence-electron chi connectivity index (χ0n) is 25.4. The molecule has 1 aliphatic heterocycles. The molecule has 1 aliphatic carbocycles. The van der Waals surface area contributed by atoms with Crippen molar-refractivity contribution in [2.24, 2.45) is 0 Å². The molecule has 47 heavy (non-hydrogen) atoms. The Morgan fingerprint density at radius 2 is 0.979 bits per heavy atom. The summed E-state index contributed by atoms with van der Waals surface area (Å²) in [6.45, 7) is 0. The first-order valence-corrected chi connectivity index (χ1v) is 15.5. The lowest BCUT2D eigenvalue weighted by Crippen LogP contribution is -2.18. The van der Waals surface area contributed by atoms with Gasteiger partial charge in [0.05, 0.1) is 22.8 Å². The second-order valence-electron chi connectivity index (χ2n) is 11.4. The Morgan fingerprint density at radius 3 is 1.53 bits per heavy atom. The number of nitrogens with zero attached hydrogens (tertiary/aromatic N) is 3. The quantitative estimate of drug-likeness (QED) is 0.206. The molecule has 0 spiro atoms. The van der Waals surface area contributed by atoms with Crippen LogP contribution in [0.3, 0.4) is 0 Å². The molecule has 0 amide bonds. The van der Waals surface area contributed by atoms with Crippen LogP contribution in [-0.4, -0.2) is 20.7 Å². The van der Waals surface area contributed by atoms with Crippen LogP contribution in [0.4, 0.5) is 0 Å². The molecule has 3 aromatic carbocycles. The molecule has 3 aromatic heterocycles. The summed E-state index contributed by atoms with van der Waals surface area (Å²) in [5.74, 6) is 0. The summed E-state index contributed by atoms with van der Waals surface area (Å²) >= 11 is 0. The molecule has 2 aliphatic rings. The van der Waals surface area contributed by atoms with Gasteiger partial charge >= 0.3 is 0 Å². The summed E-state index contributed by atoms with van der Waals surface area (Å²) in [4.78, 5) is 13.5. The molecular formula is C42H29N5. The molecule has 222 valence electrons. The van der Waals surface area contributed by atoms with Crippen molar-refractivity contribution >= 4 is 17.0 Å². The molecule has 6 aromatic rings. The fourth-order valence-corrected chi connectivity index (χ4v) is 6.14. The monoisotopic (exact) mass is 603 g/mol. The highest BCUT2D eigenvalue weighted by Gasteiger charge is 2.22. The highest BCUT2D eigenvalue weighted by atomic mass is 14.9. The average molecular weight is 604 g/mol. The molecule has 5 heteroatoms. The van der Waals surface area contributed by atoms with E-state index < -0.39 is 0 Å². The van der Waals surface area contributed by atoms with Crippen molar-refractivity contribution in [1.82, 2.24) is 20.3 Å². The zero-order valence-corrected chi connectivity index (χ0v) is 25.4. The van der Waals surface area contributed by atoms with E-state index in [1.165, 1.54) is 0 Å². The Morgan fingerprint density at radius 1 is 0.489 bits per heavy atom.